The third kappa shape index (κ3) is 4.42. The molecule has 8 heteroatoms. The smallest absolute Gasteiger partial charge is 0.241 e. The first kappa shape index (κ1) is 17.9. The predicted octanol–water partition coefficient (Wildman–Crippen LogP) is 0.905. The highest BCUT2D eigenvalue weighted by Crippen LogP contribution is 2.27. The first-order valence-corrected chi connectivity index (χ1v) is 9.96. The van der Waals surface area contributed by atoms with E-state index >= 15 is 0 Å². The van der Waals surface area contributed by atoms with E-state index in [1.165, 1.54) is 6.92 Å². The van der Waals surface area contributed by atoms with Crippen molar-refractivity contribution in [2.75, 3.05) is 17.7 Å². The average Bonchev–Trinajstić information content (AvgIpc) is 2.22. The summed E-state index contributed by atoms with van der Waals surface area (Å²) in [6, 6.07) is 1.01. The number of aryl methyl sites for hydroxylation is 1. The Balaban J connectivity index is 3.27. The molecule has 0 aliphatic heterocycles. The first-order valence-electron chi connectivity index (χ1n) is 6.41. The van der Waals surface area contributed by atoms with Crippen LogP contribution in [0.2, 0.25) is 0 Å². The maximum absolute atomic E-state index is 12.5. The molecular formula is C13H22N2O4S2. The molecule has 21 heavy (non-hydrogen) atoms. The molecule has 0 bridgehead atoms. The van der Waals surface area contributed by atoms with Gasteiger partial charge in [0.2, 0.25) is 10.0 Å². The molecule has 1 atom stereocenters. The summed E-state index contributed by atoms with van der Waals surface area (Å²) in [5.41, 5.74) is 8.08. The van der Waals surface area contributed by atoms with Gasteiger partial charge in [-0.3, -0.25) is 0 Å². The van der Waals surface area contributed by atoms with Gasteiger partial charge in [-0.15, -0.1) is 0 Å². The molecule has 0 amide bonds. The lowest BCUT2D eigenvalue weighted by Crippen LogP contribution is -2.38. The van der Waals surface area contributed by atoms with E-state index in [1.807, 2.05) is 0 Å². The molecule has 1 rings (SSSR count). The minimum absolute atomic E-state index is 0.125. The van der Waals surface area contributed by atoms with E-state index in [9.17, 15) is 16.8 Å². The van der Waals surface area contributed by atoms with Crippen molar-refractivity contribution in [2.24, 2.45) is 0 Å². The lowest BCUT2D eigenvalue weighted by atomic mass is 10.1. The standard InChI is InChI=1S/C13H22N2O4S2/c1-8-6-12(14)11(4)13(10(8)3)21(18,19)15-9(2)7-20(5,16)17/h6,9,15H,7,14H2,1-5H3. The highest BCUT2D eigenvalue weighted by Gasteiger charge is 2.25. The van der Waals surface area contributed by atoms with Gasteiger partial charge in [-0.05, 0) is 50.5 Å². The third-order valence-electron chi connectivity index (χ3n) is 3.26. The molecular weight excluding hydrogens is 312 g/mol. The third-order valence-corrected chi connectivity index (χ3v) is 6.22. The number of rotatable bonds is 5. The Morgan fingerprint density at radius 3 is 2.14 bits per heavy atom. The molecule has 1 aromatic rings. The van der Waals surface area contributed by atoms with Gasteiger partial charge in [-0.2, -0.15) is 0 Å². The summed E-state index contributed by atoms with van der Waals surface area (Å²) in [4.78, 5) is 0.125. The van der Waals surface area contributed by atoms with Crippen molar-refractivity contribution >= 4 is 25.5 Å². The number of hydrogen-bond acceptors (Lipinski definition) is 5. The lowest BCUT2D eigenvalue weighted by Gasteiger charge is -2.18. The Kier molecular flexibility index (Phi) is 5.07. The summed E-state index contributed by atoms with van der Waals surface area (Å²) in [6.07, 6.45) is 1.07. The van der Waals surface area contributed by atoms with Gasteiger partial charge in [0.15, 0.2) is 0 Å². The Morgan fingerprint density at radius 2 is 1.67 bits per heavy atom. The van der Waals surface area contributed by atoms with Crippen molar-refractivity contribution in [3.8, 4) is 0 Å². The van der Waals surface area contributed by atoms with Crippen LogP contribution in [-0.4, -0.2) is 34.9 Å². The monoisotopic (exact) mass is 334 g/mol. The van der Waals surface area contributed by atoms with Crippen LogP contribution in [0.25, 0.3) is 0 Å². The van der Waals surface area contributed by atoms with Crippen LogP contribution in [-0.2, 0) is 19.9 Å². The molecule has 0 aliphatic rings. The van der Waals surface area contributed by atoms with E-state index in [0.717, 1.165) is 11.8 Å². The Labute approximate surface area is 126 Å². The maximum Gasteiger partial charge on any atom is 0.241 e. The van der Waals surface area contributed by atoms with Crippen LogP contribution in [0.4, 0.5) is 5.69 Å². The molecule has 1 unspecified atom stereocenters. The number of nitrogens with one attached hydrogen (secondary N) is 1. The molecule has 0 aromatic heterocycles. The Hall–Kier alpha value is -1.12. The van der Waals surface area contributed by atoms with Gasteiger partial charge in [0, 0.05) is 18.0 Å². The first-order chi connectivity index (χ1) is 9.35. The molecule has 0 heterocycles. The van der Waals surface area contributed by atoms with E-state index in [2.05, 4.69) is 4.72 Å². The van der Waals surface area contributed by atoms with Gasteiger partial charge in [0.25, 0.3) is 0 Å². The Bertz CT molecular complexity index is 727. The molecule has 0 spiro atoms. The summed E-state index contributed by atoms with van der Waals surface area (Å²) in [7, 11) is -7.10. The van der Waals surface area contributed by atoms with Gasteiger partial charge in [0.05, 0.1) is 10.6 Å². The topological polar surface area (TPSA) is 106 Å². The average molecular weight is 334 g/mol. The number of nitrogens with two attached hydrogens (primary N) is 1. The highest BCUT2D eigenvalue weighted by molar-refractivity contribution is 7.91. The summed E-state index contributed by atoms with van der Waals surface area (Å²) in [5.74, 6) is -0.258. The molecule has 6 nitrogen and oxygen atoms in total. The second kappa shape index (κ2) is 5.94. The molecule has 0 fully saturated rings. The predicted molar refractivity (Wildman–Crippen MR) is 84.6 cm³/mol. The number of sulfone groups is 1. The van der Waals surface area contributed by atoms with Crippen molar-refractivity contribution < 1.29 is 16.8 Å². The van der Waals surface area contributed by atoms with E-state index in [0.29, 0.717) is 16.8 Å². The fourth-order valence-electron chi connectivity index (χ4n) is 2.26. The van der Waals surface area contributed by atoms with Crippen LogP contribution >= 0.6 is 0 Å². The van der Waals surface area contributed by atoms with Crippen molar-refractivity contribution in [3.05, 3.63) is 22.8 Å². The summed E-state index contributed by atoms with van der Waals surface area (Å²) < 4.78 is 49.9. The van der Waals surface area contributed by atoms with E-state index in [4.69, 9.17) is 5.73 Å². The SMILES string of the molecule is Cc1cc(N)c(C)c(S(=O)(=O)NC(C)CS(C)(=O)=O)c1C. The van der Waals surface area contributed by atoms with Gasteiger partial charge >= 0.3 is 0 Å². The van der Waals surface area contributed by atoms with E-state index in [-0.39, 0.29) is 10.6 Å². The van der Waals surface area contributed by atoms with Crippen LogP contribution in [0.1, 0.15) is 23.6 Å². The molecule has 1 aromatic carbocycles. The molecule has 3 N–H and O–H groups in total. The van der Waals surface area contributed by atoms with E-state index < -0.39 is 25.9 Å². The molecule has 0 radical (unpaired) electrons. The van der Waals surface area contributed by atoms with Gasteiger partial charge in [-0.25, -0.2) is 21.6 Å². The second-order valence-corrected chi connectivity index (χ2v) is 9.31. The van der Waals surface area contributed by atoms with Crippen molar-refractivity contribution in [1.29, 1.82) is 0 Å². The van der Waals surface area contributed by atoms with Crippen molar-refractivity contribution in [3.63, 3.8) is 0 Å². The van der Waals surface area contributed by atoms with Gasteiger partial charge < -0.3 is 5.73 Å². The molecule has 0 saturated carbocycles. The minimum Gasteiger partial charge on any atom is -0.398 e. The maximum atomic E-state index is 12.5. The van der Waals surface area contributed by atoms with Crippen molar-refractivity contribution in [2.45, 2.75) is 38.6 Å². The zero-order valence-electron chi connectivity index (χ0n) is 12.9. The quantitative estimate of drug-likeness (QED) is 0.778. The van der Waals surface area contributed by atoms with Crippen molar-refractivity contribution in [1.82, 2.24) is 4.72 Å². The fourth-order valence-corrected chi connectivity index (χ4v) is 5.17. The van der Waals surface area contributed by atoms with Crippen LogP contribution in [0.3, 0.4) is 0 Å². The molecule has 0 aliphatic carbocycles. The minimum atomic E-state index is -3.83. The largest absolute Gasteiger partial charge is 0.398 e. The summed E-state index contributed by atoms with van der Waals surface area (Å²) in [5, 5.41) is 0. The number of hydrogen-bond donors (Lipinski definition) is 2. The zero-order chi connectivity index (χ0) is 16.6. The normalized spacial score (nSPS) is 14.1. The van der Waals surface area contributed by atoms with Gasteiger partial charge in [-0.1, -0.05) is 0 Å². The summed E-state index contributed by atoms with van der Waals surface area (Å²) >= 11 is 0. The fraction of sp³-hybridized carbons (Fsp3) is 0.538. The zero-order valence-corrected chi connectivity index (χ0v) is 14.5. The molecule has 0 saturated heterocycles. The number of sulfonamides is 1. The van der Waals surface area contributed by atoms with Crippen LogP contribution in [0, 0.1) is 20.8 Å². The van der Waals surface area contributed by atoms with E-state index in [1.54, 1.807) is 26.8 Å². The second-order valence-electron chi connectivity index (χ2n) is 5.48. The molecule has 120 valence electrons. The number of anilines is 1. The highest BCUT2D eigenvalue weighted by atomic mass is 32.2. The van der Waals surface area contributed by atoms with Crippen LogP contribution < -0.4 is 10.5 Å². The number of benzene rings is 1. The van der Waals surface area contributed by atoms with Crippen LogP contribution in [0.15, 0.2) is 11.0 Å². The Morgan fingerprint density at radius 1 is 1.14 bits per heavy atom. The lowest BCUT2D eigenvalue weighted by molar-refractivity contribution is 0.563. The summed E-state index contributed by atoms with van der Waals surface area (Å²) in [6.45, 7) is 6.64. The van der Waals surface area contributed by atoms with Gasteiger partial charge in [0.1, 0.15) is 9.84 Å². The number of nitrogen functional groups attached to an aromatic ring is 1. The van der Waals surface area contributed by atoms with Crippen LogP contribution in [0.5, 0.6) is 0 Å².